The summed E-state index contributed by atoms with van der Waals surface area (Å²) >= 11 is 0. The van der Waals surface area contributed by atoms with Crippen molar-refractivity contribution in [3.8, 4) is 6.07 Å². The number of likely N-dealkylation sites (N-methyl/N-ethyl adjacent to an activating group) is 1. The summed E-state index contributed by atoms with van der Waals surface area (Å²) in [5.74, 6) is -0.425. The number of hydrogen-bond donors (Lipinski definition) is 0. The summed E-state index contributed by atoms with van der Waals surface area (Å²) in [6.45, 7) is 2.98. The van der Waals surface area contributed by atoms with E-state index in [-0.39, 0.29) is 5.56 Å². The standard InChI is InChI=1S/C16H20FN3/c1-19-14-3-4-15(19)11-20(7-6-14)10-12-2-5-16(17)13(8-12)9-18/h2,5,8,14-15H,3-4,6-7,10-11H2,1H3. The van der Waals surface area contributed by atoms with Crippen LogP contribution in [0, 0.1) is 17.1 Å². The first-order valence-electron chi connectivity index (χ1n) is 7.30. The maximum atomic E-state index is 13.3. The van der Waals surface area contributed by atoms with Crippen LogP contribution in [-0.2, 0) is 6.54 Å². The zero-order chi connectivity index (χ0) is 14.1. The van der Waals surface area contributed by atoms with Crippen molar-refractivity contribution in [1.82, 2.24) is 9.80 Å². The van der Waals surface area contributed by atoms with Gasteiger partial charge in [0, 0.05) is 31.7 Å². The molecule has 2 atom stereocenters. The fourth-order valence-electron chi connectivity index (χ4n) is 3.54. The monoisotopic (exact) mass is 273 g/mol. The van der Waals surface area contributed by atoms with Crippen LogP contribution < -0.4 is 0 Å². The molecule has 0 N–H and O–H groups in total. The molecule has 0 aliphatic carbocycles. The summed E-state index contributed by atoms with van der Waals surface area (Å²) in [5, 5.41) is 8.90. The molecule has 2 fully saturated rings. The fourth-order valence-corrected chi connectivity index (χ4v) is 3.54. The van der Waals surface area contributed by atoms with Crippen LogP contribution >= 0.6 is 0 Å². The number of hydrogen-bond acceptors (Lipinski definition) is 3. The third-order valence-corrected chi connectivity index (χ3v) is 4.79. The van der Waals surface area contributed by atoms with Crippen LogP contribution in [-0.4, -0.2) is 42.0 Å². The van der Waals surface area contributed by atoms with Crippen LogP contribution in [0.15, 0.2) is 18.2 Å². The Hall–Kier alpha value is -1.44. The van der Waals surface area contributed by atoms with Gasteiger partial charge in [0.15, 0.2) is 0 Å². The van der Waals surface area contributed by atoms with Gasteiger partial charge < -0.3 is 0 Å². The van der Waals surface area contributed by atoms with Gasteiger partial charge in [-0.2, -0.15) is 5.26 Å². The van der Waals surface area contributed by atoms with E-state index in [0.29, 0.717) is 6.04 Å². The molecule has 106 valence electrons. The van der Waals surface area contributed by atoms with Crippen LogP contribution in [0.5, 0.6) is 0 Å². The largest absolute Gasteiger partial charge is 0.299 e. The predicted molar refractivity (Wildman–Crippen MR) is 75.6 cm³/mol. The van der Waals surface area contributed by atoms with E-state index in [2.05, 4.69) is 16.8 Å². The van der Waals surface area contributed by atoms with Crippen molar-refractivity contribution in [2.24, 2.45) is 0 Å². The van der Waals surface area contributed by atoms with Gasteiger partial charge in [0.1, 0.15) is 11.9 Å². The molecule has 20 heavy (non-hydrogen) atoms. The van der Waals surface area contributed by atoms with Crippen LogP contribution in [0.1, 0.15) is 30.4 Å². The number of benzene rings is 1. The summed E-state index contributed by atoms with van der Waals surface area (Å²) in [7, 11) is 2.23. The zero-order valence-corrected chi connectivity index (χ0v) is 11.8. The molecule has 0 radical (unpaired) electrons. The molecule has 2 unspecified atom stereocenters. The molecule has 2 aliphatic rings. The van der Waals surface area contributed by atoms with E-state index in [1.165, 1.54) is 25.3 Å². The lowest BCUT2D eigenvalue weighted by Gasteiger charge is -2.25. The van der Waals surface area contributed by atoms with Crippen molar-refractivity contribution in [1.29, 1.82) is 5.26 Å². The van der Waals surface area contributed by atoms with Gasteiger partial charge in [-0.1, -0.05) is 6.07 Å². The summed E-state index contributed by atoms with van der Waals surface area (Å²) in [6, 6.07) is 8.18. The van der Waals surface area contributed by atoms with Gasteiger partial charge in [0.05, 0.1) is 5.56 Å². The van der Waals surface area contributed by atoms with Gasteiger partial charge in [-0.3, -0.25) is 9.80 Å². The molecule has 3 nitrogen and oxygen atoms in total. The quantitative estimate of drug-likeness (QED) is 0.828. The number of rotatable bonds is 2. The average molecular weight is 273 g/mol. The Labute approximate surface area is 119 Å². The van der Waals surface area contributed by atoms with Crippen molar-refractivity contribution in [3.05, 3.63) is 35.1 Å². The minimum Gasteiger partial charge on any atom is -0.299 e. The fraction of sp³-hybridized carbons (Fsp3) is 0.562. The molecule has 2 aliphatic heterocycles. The van der Waals surface area contributed by atoms with Gasteiger partial charge in [0.2, 0.25) is 0 Å². The molecule has 0 saturated carbocycles. The van der Waals surface area contributed by atoms with E-state index < -0.39 is 5.82 Å². The Morgan fingerprint density at radius 3 is 2.90 bits per heavy atom. The van der Waals surface area contributed by atoms with Gasteiger partial charge in [-0.15, -0.1) is 0 Å². The minimum atomic E-state index is -0.425. The third-order valence-electron chi connectivity index (χ3n) is 4.79. The van der Waals surface area contributed by atoms with Gasteiger partial charge in [-0.05, 0) is 44.0 Å². The predicted octanol–water partition coefficient (Wildman–Crippen LogP) is 2.37. The van der Waals surface area contributed by atoms with Crippen LogP contribution in [0.25, 0.3) is 0 Å². The number of fused-ring (bicyclic) bond motifs is 2. The SMILES string of the molecule is CN1C2CCC1CN(Cc1ccc(F)c(C#N)c1)CC2. The highest BCUT2D eigenvalue weighted by Crippen LogP contribution is 2.29. The molecular formula is C16H20FN3. The van der Waals surface area contributed by atoms with Crippen LogP contribution in [0.2, 0.25) is 0 Å². The van der Waals surface area contributed by atoms with E-state index in [4.69, 9.17) is 5.26 Å². The molecule has 2 saturated heterocycles. The maximum absolute atomic E-state index is 13.3. The molecule has 0 amide bonds. The zero-order valence-electron chi connectivity index (χ0n) is 11.8. The molecule has 1 aromatic rings. The number of likely N-dealkylation sites (tertiary alicyclic amines) is 1. The first-order valence-corrected chi connectivity index (χ1v) is 7.30. The summed E-state index contributed by atoms with van der Waals surface area (Å²) < 4.78 is 13.3. The first-order chi connectivity index (χ1) is 9.67. The van der Waals surface area contributed by atoms with E-state index in [1.54, 1.807) is 12.1 Å². The van der Waals surface area contributed by atoms with Crippen molar-refractivity contribution < 1.29 is 4.39 Å². The highest BCUT2D eigenvalue weighted by Gasteiger charge is 2.34. The lowest BCUT2D eigenvalue weighted by Crippen LogP contribution is -2.36. The lowest BCUT2D eigenvalue weighted by atomic mass is 10.1. The molecule has 3 rings (SSSR count). The second-order valence-electron chi connectivity index (χ2n) is 6.00. The van der Waals surface area contributed by atoms with Gasteiger partial charge >= 0.3 is 0 Å². The average Bonchev–Trinajstić information content (AvgIpc) is 2.69. The number of halogens is 1. The first kappa shape index (κ1) is 13.5. The normalized spacial score (nSPS) is 27.2. The van der Waals surface area contributed by atoms with Crippen molar-refractivity contribution in [2.45, 2.75) is 37.9 Å². The highest BCUT2D eigenvalue weighted by atomic mass is 19.1. The molecule has 2 bridgehead atoms. The number of nitrogens with zero attached hydrogens (tertiary/aromatic N) is 3. The van der Waals surface area contributed by atoms with Gasteiger partial charge in [-0.25, -0.2) is 4.39 Å². The molecule has 4 heteroatoms. The Morgan fingerprint density at radius 2 is 2.10 bits per heavy atom. The molecule has 0 spiro atoms. The van der Waals surface area contributed by atoms with Crippen LogP contribution in [0.4, 0.5) is 4.39 Å². The molecule has 1 aromatic carbocycles. The van der Waals surface area contributed by atoms with E-state index in [9.17, 15) is 4.39 Å². The summed E-state index contributed by atoms with van der Waals surface area (Å²) in [6.07, 6.45) is 3.81. The summed E-state index contributed by atoms with van der Waals surface area (Å²) in [4.78, 5) is 4.96. The number of nitriles is 1. The molecule has 2 heterocycles. The Morgan fingerprint density at radius 1 is 1.30 bits per heavy atom. The highest BCUT2D eigenvalue weighted by molar-refractivity contribution is 5.34. The minimum absolute atomic E-state index is 0.149. The Balaban J connectivity index is 1.71. The van der Waals surface area contributed by atoms with E-state index in [0.717, 1.165) is 31.2 Å². The molecule has 0 aromatic heterocycles. The molecular weight excluding hydrogens is 253 g/mol. The maximum Gasteiger partial charge on any atom is 0.140 e. The van der Waals surface area contributed by atoms with Crippen molar-refractivity contribution >= 4 is 0 Å². The second kappa shape index (κ2) is 5.51. The summed E-state index contributed by atoms with van der Waals surface area (Å²) in [5.41, 5.74) is 1.18. The van der Waals surface area contributed by atoms with E-state index >= 15 is 0 Å². The Bertz CT molecular complexity index is 537. The van der Waals surface area contributed by atoms with Crippen molar-refractivity contribution in [3.63, 3.8) is 0 Å². The Kier molecular flexibility index (Phi) is 3.73. The smallest absolute Gasteiger partial charge is 0.140 e. The van der Waals surface area contributed by atoms with Gasteiger partial charge in [0.25, 0.3) is 0 Å². The van der Waals surface area contributed by atoms with Crippen LogP contribution in [0.3, 0.4) is 0 Å². The topological polar surface area (TPSA) is 30.3 Å². The lowest BCUT2D eigenvalue weighted by molar-refractivity contribution is 0.214. The van der Waals surface area contributed by atoms with Crippen molar-refractivity contribution in [2.75, 3.05) is 20.1 Å². The second-order valence-corrected chi connectivity index (χ2v) is 6.00. The van der Waals surface area contributed by atoms with E-state index in [1.807, 2.05) is 6.07 Å². The third kappa shape index (κ3) is 2.56.